The molecule has 1 atom stereocenters. The van der Waals surface area contributed by atoms with E-state index in [1.807, 2.05) is 19.1 Å². The Morgan fingerprint density at radius 1 is 1.26 bits per heavy atom. The zero-order chi connectivity index (χ0) is 16.4. The van der Waals surface area contributed by atoms with Gasteiger partial charge in [0.05, 0.1) is 5.69 Å². The first-order chi connectivity index (χ1) is 11.1. The molecular weight excluding hydrogens is 372 g/mol. The number of fused-ring (bicyclic) bond motifs is 3. The number of nitrogens with zero attached hydrogens (tertiary/aromatic N) is 1. The third-order valence-electron chi connectivity index (χ3n) is 3.92. The maximum atomic E-state index is 12.3. The number of nitrogens with one attached hydrogen (secondary N) is 1. The van der Waals surface area contributed by atoms with E-state index in [1.165, 1.54) is 10.5 Å². The van der Waals surface area contributed by atoms with Crippen molar-refractivity contribution in [2.45, 2.75) is 31.2 Å². The maximum Gasteiger partial charge on any atom is 0.240 e. The number of halogens is 1. The lowest BCUT2D eigenvalue weighted by molar-refractivity contribution is -0.120. The van der Waals surface area contributed by atoms with Gasteiger partial charge in [0.2, 0.25) is 5.91 Å². The summed E-state index contributed by atoms with van der Waals surface area (Å²) in [4.78, 5) is 13.5. The van der Waals surface area contributed by atoms with Crippen molar-refractivity contribution in [3.8, 4) is 11.1 Å². The van der Waals surface area contributed by atoms with E-state index in [0.29, 0.717) is 6.54 Å². The van der Waals surface area contributed by atoms with Crippen molar-refractivity contribution in [2.24, 2.45) is 0 Å². The van der Waals surface area contributed by atoms with Gasteiger partial charge in [-0.15, -0.1) is 0 Å². The quantitative estimate of drug-likeness (QED) is 0.756. The summed E-state index contributed by atoms with van der Waals surface area (Å²) in [5, 5.41) is 3.04. The van der Waals surface area contributed by atoms with Crippen LogP contribution in [0.25, 0.3) is 11.1 Å². The van der Waals surface area contributed by atoms with Gasteiger partial charge in [0.1, 0.15) is 6.54 Å². The van der Waals surface area contributed by atoms with Crippen LogP contribution in [0.4, 0.5) is 5.69 Å². The van der Waals surface area contributed by atoms with Gasteiger partial charge in [-0.3, -0.25) is 4.79 Å². The molecule has 3 nitrogen and oxygen atoms in total. The second kappa shape index (κ2) is 6.97. The molecule has 0 bridgehead atoms. The first kappa shape index (κ1) is 16.4. The molecule has 3 rings (SSSR count). The molecule has 5 heteroatoms. The van der Waals surface area contributed by atoms with Crippen LogP contribution in [0, 0.1) is 0 Å². The van der Waals surface area contributed by atoms with E-state index in [-0.39, 0.29) is 11.9 Å². The van der Waals surface area contributed by atoms with Crippen LogP contribution in [0.15, 0.2) is 51.8 Å². The van der Waals surface area contributed by atoms with Crippen LogP contribution in [0.3, 0.4) is 0 Å². The van der Waals surface area contributed by atoms with Crippen molar-refractivity contribution in [1.82, 2.24) is 5.32 Å². The van der Waals surface area contributed by atoms with Gasteiger partial charge in [0.25, 0.3) is 0 Å². The molecule has 0 spiro atoms. The van der Waals surface area contributed by atoms with Crippen LogP contribution in [0.1, 0.15) is 20.3 Å². The smallest absolute Gasteiger partial charge is 0.240 e. The highest BCUT2D eigenvalue weighted by Gasteiger charge is 2.24. The largest absolute Gasteiger partial charge is 0.352 e. The second-order valence-electron chi connectivity index (χ2n) is 5.66. The van der Waals surface area contributed by atoms with E-state index in [4.69, 9.17) is 0 Å². The zero-order valence-electron chi connectivity index (χ0n) is 13.2. The SMILES string of the molecule is CCC(C)NC(=O)CN1Sc2ccccc2-c2cc(Br)ccc21. The second-order valence-corrected chi connectivity index (χ2v) is 7.64. The Labute approximate surface area is 149 Å². The Kier molecular flexibility index (Phi) is 4.97. The fourth-order valence-electron chi connectivity index (χ4n) is 2.55. The van der Waals surface area contributed by atoms with Crippen LogP contribution in [-0.4, -0.2) is 18.5 Å². The van der Waals surface area contributed by atoms with Gasteiger partial charge >= 0.3 is 0 Å². The lowest BCUT2D eigenvalue weighted by Gasteiger charge is -2.31. The predicted octanol–water partition coefficient (Wildman–Crippen LogP) is 4.86. The minimum absolute atomic E-state index is 0.0556. The highest BCUT2D eigenvalue weighted by Crippen LogP contribution is 2.46. The van der Waals surface area contributed by atoms with Gasteiger partial charge < -0.3 is 9.62 Å². The molecule has 0 radical (unpaired) electrons. The van der Waals surface area contributed by atoms with Gasteiger partial charge in [-0.2, -0.15) is 0 Å². The van der Waals surface area contributed by atoms with Gasteiger partial charge in [-0.1, -0.05) is 41.1 Å². The Morgan fingerprint density at radius 2 is 2.04 bits per heavy atom. The fourth-order valence-corrected chi connectivity index (χ4v) is 4.00. The van der Waals surface area contributed by atoms with Crippen molar-refractivity contribution < 1.29 is 4.79 Å². The molecule has 0 aromatic heterocycles. The fraction of sp³-hybridized carbons (Fsp3) is 0.278. The third-order valence-corrected chi connectivity index (χ3v) is 5.51. The minimum atomic E-state index is 0.0556. The molecule has 1 amide bonds. The number of hydrogen-bond donors (Lipinski definition) is 1. The molecule has 1 aliphatic rings. The Balaban J connectivity index is 1.91. The van der Waals surface area contributed by atoms with Crippen molar-refractivity contribution in [3.05, 3.63) is 46.9 Å². The first-order valence-electron chi connectivity index (χ1n) is 7.72. The van der Waals surface area contributed by atoms with Crippen molar-refractivity contribution in [2.75, 3.05) is 10.8 Å². The molecule has 1 N–H and O–H groups in total. The average molecular weight is 391 g/mol. The molecule has 1 unspecified atom stereocenters. The number of anilines is 1. The summed E-state index contributed by atoms with van der Waals surface area (Å²) < 4.78 is 3.11. The number of benzene rings is 2. The maximum absolute atomic E-state index is 12.3. The highest BCUT2D eigenvalue weighted by atomic mass is 79.9. The lowest BCUT2D eigenvalue weighted by Crippen LogP contribution is -2.39. The summed E-state index contributed by atoms with van der Waals surface area (Å²) in [6, 6.07) is 14.7. The van der Waals surface area contributed by atoms with Crippen LogP contribution in [0.2, 0.25) is 0 Å². The first-order valence-corrected chi connectivity index (χ1v) is 9.29. The molecule has 1 aliphatic heterocycles. The molecule has 0 saturated heterocycles. The molecule has 23 heavy (non-hydrogen) atoms. The number of carbonyl (C=O) groups excluding carboxylic acids is 1. The van der Waals surface area contributed by atoms with Gasteiger partial charge in [0.15, 0.2) is 0 Å². The van der Waals surface area contributed by atoms with E-state index >= 15 is 0 Å². The van der Waals surface area contributed by atoms with E-state index in [0.717, 1.165) is 22.1 Å². The molecule has 2 aromatic carbocycles. The number of hydrogen-bond acceptors (Lipinski definition) is 3. The van der Waals surface area contributed by atoms with E-state index in [9.17, 15) is 4.79 Å². The molecule has 0 fully saturated rings. The highest BCUT2D eigenvalue weighted by molar-refractivity contribution is 9.10. The summed E-state index contributed by atoms with van der Waals surface area (Å²) in [6.45, 7) is 4.45. The summed E-state index contributed by atoms with van der Waals surface area (Å²) in [5.41, 5.74) is 3.45. The normalized spacial score (nSPS) is 14.0. The molecule has 120 valence electrons. The van der Waals surface area contributed by atoms with Gasteiger partial charge in [-0.05, 0) is 55.1 Å². The molecular formula is C18H19BrN2OS. The topological polar surface area (TPSA) is 32.3 Å². The van der Waals surface area contributed by atoms with Gasteiger partial charge in [0, 0.05) is 21.0 Å². The lowest BCUT2D eigenvalue weighted by atomic mass is 10.0. The summed E-state index contributed by atoms with van der Waals surface area (Å²) in [7, 11) is 0. The number of carbonyl (C=O) groups is 1. The molecule has 2 aromatic rings. The standard InChI is InChI=1S/C18H19BrN2OS/c1-3-12(2)20-18(22)11-21-16-9-8-13(19)10-15(16)14-6-4-5-7-17(14)23-21/h4-10,12H,3,11H2,1-2H3,(H,20,22). The molecule has 0 aliphatic carbocycles. The number of amides is 1. The summed E-state index contributed by atoms with van der Waals surface area (Å²) in [5.74, 6) is 0.0556. The average Bonchev–Trinajstić information content (AvgIpc) is 2.54. The van der Waals surface area contributed by atoms with Crippen molar-refractivity contribution in [1.29, 1.82) is 0 Å². The molecule has 1 heterocycles. The van der Waals surface area contributed by atoms with Crippen LogP contribution >= 0.6 is 27.9 Å². The van der Waals surface area contributed by atoms with Crippen LogP contribution in [-0.2, 0) is 4.79 Å². The van der Waals surface area contributed by atoms with Crippen molar-refractivity contribution in [3.63, 3.8) is 0 Å². The van der Waals surface area contributed by atoms with Crippen LogP contribution in [0.5, 0.6) is 0 Å². The number of rotatable bonds is 4. The Bertz CT molecular complexity index is 735. The van der Waals surface area contributed by atoms with Crippen molar-refractivity contribution >= 4 is 39.5 Å². The van der Waals surface area contributed by atoms with E-state index in [2.05, 4.69) is 62.8 Å². The van der Waals surface area contributed by atoms with E-state index in [1.54, 1.807) is 11.9 Å². The minimum Gasteiger partial charge on any atom is -0.352 e. The summed E-state index contributed by atoms with van der Waals surface area (Å²) in [6.07, 6.45) is 0.936. The predicted molar refractivity (Wildman–Crippen MR) is 101 cm³/mol. The Hall–Kier alpha value is -1.46. The summed E-state index contributed by atoms with van der Waals surface area (Å²) >= 11 is 5.18. The van der Waals surface area contributed by atoms with Gasteiger partial charge in [-0.25, -0.2) is 0 Å². The zero-order valence-corrected chi connectivity index (χ0v) is 15.6. The Morgan fingerprint density at radius 3 is 2.83 bits per heavy atom. The van der Waals surface area contributed by atoms with E-state index < -0.39 is 0 Å². The monoisotopic (exact) mass is 390 g/mol. The van der Waals surface area contributed by atoms with Crippen LogP contribution < -0.4 is 9.62 Å². The third kappa shape index (κ3) is 3.56. The molecule has 0 saturated carbocycles.